The highest BCUT2D eigenvalue weighted by atomic mass is 16.6. The van der Waals surface area contributed by atoms with Crippen molar-refractivity contribution in [3.63, 3.8) is 0 Å². The summed E-state index contributed by atoms with van der Waals surface area (Å²) in [5.74, 6) is 0. The van der Waals surface area contributed by atoms with Gasteiger partial charge in [0, 0.05) is 13.1 Å². The van der Waals surface area contributed by atoms with Crippen LogP contribution in [-0.2, 0) is 4.74 Å². The fourth-order valence-corrected chi connectivity index (χ4v) is 0.751. The topological polar surface area (TPSA) is 70.0 Å². The summed E-state index contributed by atoms with van der Waals surface area (Å²) in [7, 11) is 0. The second-order valence-electron chi connectivity index (χ2n) is 2.13. The van der Waals surface area contributed by atoms with E-state index in [1.54, 1.807) is 6.92 Å². The number of hydrogen-bond donors (Lipinski definition) is 2. The van der Waals surface area contributed by atoms with Crippen LogP contribution in [0.2, 0.25) is 0 Å². The van der Waals surface area contributed by atoms with Crippen LogP contribution in [0.25, 0.3) is 0 Å². The van der Waals surface area contributed by atoms with E-state index in [0.717, 1.165) is 0 Å². The molecule has 0 radical (unpaired) electrons. The Morgan fingerprint density at radius 3 is 2.17 bits per heavy atom. The van der Waals surface area contributed by atoms with Crippen LogP contribution in [0.3, 0.4) is 0 Å². The molecule has 72 valence electrons. The molecule has 0 saturated heterocycles. The van der Waals surface area contributed by atoms with Crippen molar-refractivity contribution in [2.75, 3.05) is 32.9 Å². The molecule has 0 rings (SSSR count). The highest BCUT2D eigenvalue weighted by Gasteiger charge is 2.11. The van der Waals surface area contributed by atoms with Gasteiger partial charge in [0.2, 0.25) is 0 Å². The Morgan fingerprint density at radius 1 is 1.33 bits per heavy atom. The van der Waals surface area contributed by atoms with Crippen LogP contribution >= 0.6 is 0 Å². The van der Waals surface area contributed by atoms with Crippen molar-refractivity contribution < 1.29 is 19.7 Å². The van der Waals surface area contributed by atoms with E-state index in [9.17, 15) is 4.79 Å². The van der Waals surface area contributed by atoms with Crippen molar-refractivity contribution in [2.45, 2.75) is 6.92 Å². The minimum atomic E-state index is -0.499. The lowest BCUT2D eigenvalue weighted by atomic mass is 10.5. The van der Waals surface area contributed by atoms with Gasteiger partial charge in [-0.3, -0.25) is 0 Å². The zero-order valence-corrected chi connectivity index (χ0v) is 7.19. The predicted octanol–water partition coefficient (Wildman–Crippen LogP) is -0.571. The quantitative estimate of drug-likeness (QED) is 0.590. The maximum absolute atomic E-state index is 11.0. The number of aliphatic hydroxyl groups is 2. The molecule has 0 aromatic heterocycles. The van der Waals surface area contributed by atoms with E-state index >= 15 is 0 Å². The molecule has 0 spiro atoms. The second kappa shape index (κ2) is 6.87. The van der Waals surface area contributed by atoms with E-state index in [2.05, 4.69) is 4.74 Å². The van der Waals surface area contributed by atoms with Gasteiger partial charge in [-0.1, -0.05) is 0 Å². The van der Waals surface area contributed by atoms with E-state index in [1.807, 2.05) is 0 Å². The Balaban J connectivity index is 3.81. The third-order valence-electron chi connectivity index (χ3n) is 1.27. The highest BCUT2D eigenvalue weighted by molar-refractivity contribution is 5.67. The van der Waals surface area contributed by atoms with Crippen molar-refractivity contribution in [3.8, 4) is 0 Å². The molecular weight excluding hydrogens is 162 g/mol. The standard InChI is InChI=1S/C7H15NO4/c1-2-12-7(11)8(3-5-9)4-6-10/h9-10H,2-6H2,1H3. The first-order chi connectivity index (χ1) is 5.76. The van der Waals surface area contributed by atoms with E-state index in [4.69, 9.17) is 10.2 Å². The van der Waals surface area contributed by atoms with Crippen LogP contribution in [0, 0.1) is 0 Å². The van der Waals surface area contributed by atoms with Gasteiger partial charge in [0.05, 0.1) is 19.8 Å². The van der Waals surface area contributed by atoms with Crippen LogP contribution in [0.15, 0.2) is 0 Å². The summed E-state index contributed by atoms with van der Waals surface area (Å²) in [5, 5.41) is 17.1. The summed E-state index contributed by atoms with van der Waals surface area (Å²) in [6.45, 7) is 2.14. The first-order valence-electron chi connectivity index (χ1n) is 3.89. The average Bonchev–Trinajstić information content (AvgIpc) is 2.04. The lowest BCUT2D eigenvalue weighted by molar-refractivity contribution is 0.0898. The summed E-state index contributed by atoms with van der Waals surface area (Å²) < 4.78 is 4.67. The fraction of sp³-hybridized carbons (Fsp3) is 0.857. The molecule has 0 aromatic carbocycles. The van der Waals surface area contributed by atoms with Crippen LogP contribution < -0.4 is 0 Å². The average molecular weight is 177 g/mol. The molecule has 0 aromatic rings. The van der Waals surface area contributed by atoms with E-state index in [0.29, 0.717) is 6.61 Å². The van der Waals surface area contributed by atoms with E-state index < -0.39 is 6.09 Å². The molecule has 5 heteroatoms. The Kier molecular flexibility index (Phi) is 6.41. The summed E-state index contributed by atoms with van der Waals surface area (Å²) in [6, 6.07) is 0. The molecule has 0 unspecified atom stereocenters. The van der Waals surface area contributed by atoms with E-state index in [-0.39, 0.29) is 26.3 Å². The smallest absolute Gasteiger partial charge is 0.409 e. The molecule has 0 aliphatic rings. The molecule has 12 heavy (non-hydrogen) atoms. The molecule has 1 amide bonds. The molecule has 0 aliphatic heterocycles. The second-order valence-corrected chi connectivity index (χ2v) is 2.13. The summed E-state index contributed by atoms with van der Waals surface area (Å²) in [6.07, 6.45) is -0.499. The van der Waals surface area contributed by atoms with Crippen LogP contribution in [0.5, 0.6) is 0 Å². The van der Waals surface area contributed by atoms with Crippen molar-refractivity contribution in [1.82, 2.24) is 4.90 Å². The number of rotatable bonds is 5. The lowest BCUT2D eigenvalue weighted by Crippen LogP contribution is -2.36. The molecule has 0 saturated carbocycles. The maximum atomic E-state index is 11.0. The van der Waals surface area contributed by atoms with Crippen LogP contribution in [0.4, 0.5) is 4.79 Å². The third kappa shape index (κ3) is 4.15. The lowest BCUT2D eigenvalue weighted by Gasteiger charge is -2.19. The minimum Gasteiger partial charge on any atom is -0.450 e. The van der Waals surface area contributed by atoms with Crippen molar-refractivity contribution >= 4 is 6.09 Å². The van der Waals surface area contributed by atoms with E-state index in [1.165, 1.54) is 4.90 Å². The minimum absolute atomic E-state index is 0.126. The highest BCUT2D eigenvalue weighted by Crippen LogP contribution is 1.92. The summed E-state index contributed by atoms with van der Waals surface area (Å²) in [5.41, 5.74) is 0. The normalized spacial score (nSPS) is 9.58. The molecule has 0 atom stereocenters. The number of nitrogens with zero attached hydrogens (tertiary/aromatic N) is 1. The predicted molar refractivity (Wildman–Crippen MR) is 42.8 cm³/mol. The first kappa shape index (κ1) is 11.2. The molecular formula is C7H15NO4. The molecule has 0 bridgehead atoms. The fourth-order valence-electron chi connectivity index (χ4n) is 0.751. The van der Waals surface area contributed by atoms with Crippen LogP contribution in [-0.4, -0.2) is 54.1 Å². The molecule has 2 N–H and O–H groups in total. The van der Waals surface area contributed by atoms with Gasteiger partial charge in [-0.05, 0) is 6.92 Å². The molecule has 0 heterocycles. The van der Waals surface area contributed by atoms with Crippen molar-refractivity contribution in [1.29, 1.82) is 0 Å². The Morgan fingerprint density at radius 2 is 1.83 bits per heavy atom. The van der Waals surface area contributed by atoms with Crippen molar-refractivity contribution in [2.24, 2.45) is 0 Å². The van der Waals surface area contributed by atoms with Crippen LogP contribution in [0.1, 0.15) is 6.92 Å². The Hall–Kier alpha value is -0.810. The van der Waals surface area contributed by atoms with Gasteiger partial charge in [0.25, 0.3) is 0 Å². The van der Waals surface area contributed by atoms with Crippen molar-refractivity contribution in [3.05, 3.63) is 0 Å². The maximum Gasteiger partial charge on any atom is 0.409 e. The number of carbonyl (C=O) groups excluding carboxylic acids is 1. The van der Waals surface area contributed by atoms with Gasteiger partial charge in [-0.15, -0.1) is 0 Å². The number of carbonyl (C=O) groups is 1. The van der Waals surface area contributed by atoms with Gasteiger partial charge in [-0.25, -0.2) is 4.79 Å². The number of amides is 1. The first-order valence-corrected chi connectivity index (χ1v) is 3.89. The third-order valence-corrected chi connectivity index (χ3v) is 1.27. The summed E-state index contributed by atoms with van der Waals surface area (Å²) in [4.78, 5) is 12.3. The molecule has 0 fully saturated rings. The number of aliphatic hydroxyl groups excluding tert-OH is 2. The zero-order valence-electron chi connectivity index (χ0n) is 7.19. The number of ether oxygens (including phenoxy) is 1. The van der Waals surface area contributed by atoms with Gasteiger partial charge < -0.3 is 19.8 Å². The van der Waals surface area contributed by atoms with Gasteiger partial charge in [0.15, 0.2) is 0 Å². The zero-order chi connectivity index (χ0) is 9.40. The SMILES string of the molecule is CCOC(=O)N(CCO)CCO. The Bertz CT molecular complexity index is 123. The number of hydrogen-bond acceptors (Lipinski definition) is 4. The van der Waals surface area contributed by atoms with Gasteiger partial charge in [-0.2, -0.15) is 0 Å². The van der Waals surface area contributed by atoms with Gasteiger partial charge in [0.1, 0.15) is 0 Å². The van der Waals surface area contributed by atoms with Gasteiger partial charge >= 0.3 is 6.09 Å². The molecule has 0 aliphatic carbocycles. The Labute approximate surface area is 71.6 Å². The largest absolute Gasteiger partial charge is 0.450 e. The summed E-state index contributed by atoms with van der Waals surface area (Å²) >= 11 is 0. The monoisotopic (exact) mass is 177 g/mol. The molecule has 5 nitrogen and oxygen atoms in total.